The zero-order valence-electron chi connectivity index (χ0n) is 14.2. The predicted octanol–water partition coefficient (Wildman–Crippen LogP) is 4.58. The summed E-state index contributed by atoms with van der Waals surface area (Å²) in [6.07, 6.45) is 6.85. The minimum absolute atomic E-state index is 0.113. The first-order valence-corrected chi connectivity index (χ1v) is 8.46. The Bertz CT molecular complexity index is 458. The maximum Gasteiger partial charge on any atom is 0.136 e. The second kappa shape index (κ2) is 6.06. The Morgan fingerprint density at radius 2 is 1.81 bits per heavy atom. The summed E-state index contributed by atoms with van der Waals surface area (Å²) < 4.78 is 0. The van der Waals surface area contributed by atoms with Crippen molar-refractivity contribution in [3.8, 4) is 0 Å². The van der Waals surface area contributed by atoms with Gasteiger partial charge in [0.05, 0.1) is 0 Å². The van der Waals surface area contributed by atoms with E-state index >= 15 is 0 Å². The van der Waals surface area contributed by atoms with Crippen LogP contribution >= 0.6 is 0 Å². The average molecular weight is 290 g/mol. The molecule has 0 spiro atoms. The number of carbonyl (C=O) groups is 2. The molecule has 2 rings (SSSR count). The van der Waals surface area contributed by atoms with Crippen LogP contribution in [0.5, 0.6) is 0 Å². The number of hydrogen-bond donors (Lipinski definition) is 0. The van der Waals surface area contributed by atoms with Crippen molar-refractivity contribution < 1.29 is 9.59 Å². The van der Waals surface area contributed by atoms with E-state index in [0.717, 1.165) is 25.7 Å². The SMILES string of the molecule is C/C(=C/[C@@H]1[C@@H](C)C(=O)CCC1(C)C)[C@H]1CC[C@H](C)C(=O)C1. The smallest absolute Gasteiger partial charge is 0.136 e. The minimum Gasteiger partial charge on any atom is -0.299 e. The lowest BCUT2D eigenvalue weighted by Crippen LogP contribution is -2.38. The summed E-state index contributed by atoms with van der Waals surface area (Å²) in [6, 6.07) is 0. The lowest BCUT2D eigenvalue weighted by atomic mass is 9.62. The Hall–Kier alpha value is -0.920. The van der Waals surface area contributed by atoms with Gasteiger partial charge in [-0.15, -0.1) is 0 Å². The number of Topliss-reactive ketones (excluding diaryl/α,β-unsaturated/α-hetero) is 2. The van der Waals surface area contributed by atoms with Crippen molar-refractivity contribution in [2.75, 3.05) is 0 Å². The first-order valence-electron chi connectivity index (χ1n) is 8.46. The van der Waals surface area contributed by atoms with Gasteiger partial charge >= 0.3 is 0 Å². The van der Waals surface area contributed by atoms with Gasteiger partial charge in [-0.05, 0) is 43.4 Å². The van der Waals surface area contributed by atoms with Crippen molar-refractivity contribution >= 4 is 11.6 Å². The minimum atomic E-state index is 0.113. The van der Waals surface area contributed by atoms with Crippen LogP contribution < -0.4 is 0 Å². The molecule has 0 saturated heterocycles. The monoisotopic (exact) mass is 290 g/mol. The molecule has 0 aromatic carbocycles. The fraction of sp³-hybridized carbons (Fsp3) is 0.789. The van der Waals surface area contributed by atoms with Crippen molar-refractivity contribution in [3.63, 3.8) is 0 Å². The topological polar surface area (TPSA) is 34.1 Å². The molecule has 0 heterocycles. The third-order valence-electron chi connectivity index (χ3n) is 6.00. The highest BCUT2D eigenvalue weighted by atomic mass is 16.1. The largest absolute Gasteiger partial charge is 0.299 e. The van der Waals surface area contributed by atoms with E-state index in [2.05, 4.69) is 33.8 Å². The normalized spacial score (nSPS) is 37.7. The average Bonchev–Trinajstić information content (AvgIpc) is 2.42. The molecular weight excluding hydrogens is 260 g/mol. The predicted molar refractivity (Wildman–Crippen MR) is 85.9 cm³/mol. The van der Waals surface area contributed by atoms with Crippen molar-refractivity contribution in [1.29, 1.82) is 0 Å². The van der Waals surface area contributed by atoms with E-state index in [1.165, 1.54) is 5.57 Å². The first-order chi connectivity index (χ1) is 9.72. The molecule has 0 radical (unpaired) electrons. The molecule has 0 amide bonds. The van der Waals surface area contributed by atoms with Crippen LogP contribution in [0.15, 0.2) is 11.6 Å². The number of allylic oxidation sites excluding steroid dienone is 2. The quantitative estimate of drug-likeness (QED) is 0.698. The number of hydrogen-bond acceptors (Lipinski definition) is 2. The molecule has 2 aliphatic carbocycles. The highest BCUT2D eigenvalue weighted by Gasteiger charge is 2.40. The van der Waals surface area contributed by atoms with Gasteiger partial charge in [0, 0.05) is 24.7 Å². The van der Waals surface area contributed by atoms with E-state index in [0.29, 0.717) is 29.8 Å². The number of carbonyl (C=O) groups excluding carboxylic acids is 2. The van der Waals surface area contributed by atoms with Gasteiger partial charge in [0.15, 0.2) is 0 Å². The fourth-order valence-electron chi connectivity index (χ4n) is 4.05. The molecule has 2 saturated carbocycles. The molecule has 0 bridgehead atoms. The molecule has 0 N–H and O–H groups in total. The molecular formula is C19H30O2. The lowest BCUT2D eigenvalue weighted by molar-refractivity contribution is -0.128. The van der Waals surface area contributed by atoms with Gasteiger partial charge in [0.2, 0.25) is 0 Å². The number of ketones is 2. The van der Waals surface area contributed by atoms with Gasteiger partial charge in [-0.25, -0.2) is 0 Å². The lowest BCUT2D eigenvalue weighted by Gasteiger charge is -2.41. The van der Waals surface area contributed by atoms with Crippen LogP contribution in [0.3, 0.4) is 0 Å². The molecule has 21 heavy (non-hydrogen) atoms. The van der Waals surface area contributed by atoms with Crippen molar-refractivity contribution in [2.24, 2.45) is 29.1 Å². The second-order valence-corrected chi connectivity index (χ2v) is 8.03. The molecule has 4 atom stereocenters. The molecule has 0 unspecified atom stereocenters. The van der Waals surface area contributed by atoms with Crippen LogP contribution in [-0.2, 0) is 9.59 Å². The van der Waals surface area contributed by atoms with Crippen molar-refractivity contribution in [3.05, 3.63) is 11.6 Å². The Labute approximate surface area is 129 Å². The van der Waals surface area contributed by atoms with Gasteiger partial charge in [-0.1, -0.05) is 39.3 Å². The third kappa shape index (κ3) is 3.46. The maximum absolute atomic E-state index is 12.1. The summed E-state index contributed by atoms with van der Waals surface area (Å²) >= 11 is 0. The van der Waals surface area contributed by atoms with Crippen molar-refractivity contribution in [1.82, 2.24) is 0 Å². The van der Waals surface area contributed by atoms with Gasteiger partial charge < -0.3 is 0 Å². The highest BCUT2D eigenvalue weighted by Crippen LogP contribution is 2.44. The van der Waals surface area contributed by atoms with Gasteiger partial charge in [-0.2, -0.15) is 0 Å². The van der Waals surface area contributed by atoms with Crippen LogP contribution in [0.1, 0.15) is 66.7 Å². The van der Waals surface area contributed by atoms with Crippen molar-refractivity contribution in [2.45, 2.75) is 66.7 Å². The summed E-state index contributed by atoms with van der Waals surface area (Å²) in [5.74, 6) is 1.87. The van der Waals surface area contributed by atoms with E-state index in [1.807, 2.05) is 6.92 Å². The third-order valence-corrected chi connectivity index (χ3v) is 6.00. The van der Waals surface area contributed by atoms with E-state index in [9.17, 15) is 9.59 Å². The molecule has 0 aliphatic heterocycles. The Morgan fingerprint density at radius 3 is 2.43 bits per heavy atom. The summed E-state index contributed by atoms with van der Waals surface area (Å²) in [4.78, 5) is 24.0. The summed E-state index contributed by atoms with van der Waals surface area (Å²) in [5.41, 5.74) is 1.51. The first kappa shape index (κ1) is 16.5. The van der Waals surface area contributed by atoms with Crippen LogP contribution in [0, 0.1) is 29.1 Å². The number of rotatable bonds is 2. The highest BCUT2D eigenvalue weighted by molar-refractivity contribution is 5.82. The van der Waals surface area contributed by atoms with Gasteiger partial charge in [-0.3, -0.25) is 9.59 Å². The fourth-order valence-corrected chi connectivity index (χ4v) is 4.05. The van der Waals surface area contributed by atoms with Gasteiger partial charge in [0.25, 0.3) is 0 Å². The molecule has 2 fully saturated rings. The summed E-state index contributed by atoms with van der Waals surface area (Å²) in [7, 11) is 0. The van der Waals surface area contributed by atoms with Crippen LogP contribution in [0.25, 0.3) is 0 Å². The Kier molecular flexibility index (Phi) is 4.75. The zero-order valence-corrected chi connectivity index (χ0v) is 14.2. The van der Waals surface area contributed by atoms with Gasteiger partial charge in [0.1, 0.15) is 11.6 Å². The molecule has 118 valence electrons. The molecule has 0 aromatic heterocycles. The Balaban J connectivity index is 2.16. The Morgan fingerprint density at radius 1 is 1.14 bits per heavy atom. The summed E-state index contributed by atoms with van der Waals surface area (Å²) in [6.45, 7) is 10.8. The van der Waals surface area contributed by atoms with Crippen LogP contribution in [0.2, 0.25) is 0 Å². The standard InChI is InChI=1S/C19H30O2/c1-12-6-7-15(11-18(12)21)13(2)10-16-14(3)17(20)8-9-19(16,4)5/h10,12,14-16H,6-9,11H2,1-5H3/b13-10-/t12-,14+,15-,16+/m0/s1. The van der Waals surface area contributed by atoms with Crippen LogP contribution in [-0.4, -0.2) is 11.6 Å². The van der Waals surface area contributed by atoms with E-state index < -0.39 is 0 Å². The maximum atomic E-state index is 12.1. The van der Waals surface area contributed by atoms with E-state index in [1.54, 1.807) is 0 Å². The second-order valence-electron chi connectivity index (χ2n) is 8.03. The van der Waals surface area contributed by atoms with Crippen LogP contribution in [0.4, 0.5) is 0 Å². The summed E-state index contributed by atoms with van der Waals surface area (Å²) in [5, 5.41) is 0. The van der Waals surface area contributed by atoms with E-state index in [-0.39, 0.29) is 17.3 Å². The molecule has 2 aliphatic rings. The molecule has 2 heteroatoms. The molecule has 2 nitrogen and oxygen atoms in total. The molecule has 0 aromatic rings. The zero-order chi connectivity index (χ0) is 15.8. The van der Waals surface area contributed by atoms with E-state index in [4.69, 9.17) is 0 Å².